The van der Waals surface area contributed by atoms with Gasteiger partial charge in [-0.3, -0.25) is 4.79 Å². The molecule has 1 atom stereocenters. The number of hydrogen-bond acceptors (Lipinski definition) is 5. The molecule has 1 aliphatic heterocycles. The van der Waals surface area contributed by atoms with Gasteiger partial charge < -0.3 is 14.8 Å². The van der Waals surface area contributed by atoms with Crippen LogP contribution in [0.1, 0.15) is 6.42 Å². The Hall–Kier alpha value is -1.99. The molecule has 1 N–H and O–H groups in total. The first kappa shape index (κ1) is 15.9. The number of H-pyrrole nitrogens is 1. The number of nitrogens with zero attached hydrogens (tertiary/aromatic N) is 4. The van der Waals surface area contributed by atoms with Crippen molar-refractivity contribution in [1.29, 1.82) is 0 Å². The van der Waals surface area contributed by atoms with E-state index in [4.69, 9.17) is 11.6 Å². The zero-order valence-corrected chi connectivity index (χ0v) is 13.6. The maximum atomic E-state index is 13.3. The van der Waals surface area contributed by atoms with E-state index in [0.29, 0.717) is 17.4 Å². The van der Waals surface area contributed by atoms with Gasteiger partial charge in [0.25, 0.3) is 5.56 Å². The summed E-state index contributed by atoms with van der Waals surface area (Å²) in [5.74, 6) is 0.0893. The number of aromatic amines is 1. The van der Waals surface area contributed by atoms with Gasteiger partial charge >= 0.3 is 0 Å². The van der Waals surface area contributed by atoms with E-state index in [-0.39, 0.29) is 10.8 Å². The Labute approximate surface area is 137 Å². The summed E-state index contributed by atoms with van der Waals surface area (Å²) in [7, 11) is 4.04. The highest BCUT2D eigenvalue weighted by atomic mass is 35.5. The van der Waals surface area contributed by atoms with E-state index in [1.165, 1.54) is 12.3 Å². The minimum Gasteiger partial charge on any atom is -0.354 e. The first-order valence-electron chi connectivity index (χ1n) is 7.29. The second-order valence-corrected chi connectivity index (χ2v) is 6.15. The third-order valence-electron chi connectivity index (χ3n) is 4.04. The Morgan fingerprint density at radius 2 is 2.26 bits per heavy atom. The molecule has 1 saturated heterocycles. The smallest absolute Gasteiger partial charge is 0.272 e. The Morgan fingerprint density at radius 3 is 2.91 bits per heavy atom. The van der Waals surface area contributed by atoms with E-state index in [1.54, 1.807) is 6.07 Å². The van der Waals surface area contributed by atoms with Crippen LogP contribution < -0.4 is 10.5 Å². The van der Waals surface area contributed by atoms with E-state index in [1.807, 2.05) is 19.0 Å². The second-order valence-electron chi connectivity index (χ2n) is 5.77. The molecule has 6 nitrogen and oxygen atoms in total. The average Bonchev–Trinajstić information content (AvgIpc) is 3.00. The van der Waals surface area contributed by atoms with Crippen LogP contribution in [-0.4, -0.2) is 53.1 Å². The van der Waals surface area contributed by atoms with Crippen LogP contribution in [0.15, 0.2) is 23.1 Å². The lowest BCUT2D eigenvalue weighted by atomic mass is 10.2. The summed E-state index contributed by atoms with van der Waals surface area (Å²) >= 11 is 6.14. The summed E-state index contributed by atoms with van der Waals surface area (Å²) in [6.07, 6.45) is 2.30. The van der Waals surface area contributed by atoms with Gasteiger partial charge in [0, 0.05) is 37.0 Å². The number of anilines is 1. The topological polar surface area (TPSA) is 65.1 Å². The molecule has 0 amide bonds. The molecule has 122 valence electrons. The first-order valence-corrected chi connectivity index (χ1v) is 7.66. The van der Waals surface area contributed by atoms with E-state index in [0.717, 1.165) is 19.5 Å². The predicted octanol–water partition coefficient (Wildman–Crippen LogP) is 1.76. The van der Waals surface area contributed by atoms with Crippen LogP contribution in [0.2, 0.25) is 5.02 Å². The molecule has 0 spiro atoms. The van der Waals surface area contributed by atoms with Crippen molar-refractivity contribution in [3.05, 3.63) is 39.7 Å². The van der Waals surface area contributed by atoms with Crippen molar-refractivity contribution < 1.29 is 4.39 Å². The highest BCUT2D eigenvalue weighted by Crippen LogP contribution is 2.27. The van der Waals surface area contributed by atoms with E-state index in [9.17, 15) is 9.18 Å². The van der Waals surface area contributed by atoms with Gasteiger partial charge in [0.15, 0.2) is 5.82 Å². The Bertz CT molecular complexity index is 779. The zero-order chi connectivity index (χ0) is 16.6. The van der Waals surface area contributed by atoms with Crippen molar-refractivity contribution in [3.8, 4) is 11.4 Å². The minimum absolute atomic E-state index is 0.0580. The van der Waals surface area contributed by atoms with Crippen LogP contribution in [0.3, 0.4) is 0 Å². The van der Waals surface area contributed by atoms with Crippen LogP contribution in [0, 0.1) is 5.95 Å². The molecular weight excluding hydrogens is 321 g/mol. The number of pyridine rings is 1. The fourth-order valence-electron chi connectivity index (χ4n) is 2.70. The van der Waals surface area contributed by atoms with Gasteiger partial charge in [-0.25, -0.2) is 9.97 Å². The van der Waals surface area contributed by atoms with Crippen LogP contribution in [0.25, 0.3) is 11.4 Å². The molecule has 23 heavy (non-hydrogen) atoms. The van der Waals surface area contributed by atoms with Crippen molar-refractivity contribution in [3.63, 3.8) is 0 Å². The quantitative estimate of drug-likeness (QED) is 0.865. The van der Waals surface area contributed by atoms with Gasteiger partial charge in [0.1, 0.15) is 10.8 Å². The third-order valence-corrected chi connectivity index (χ3v) is 4.38. The lowest BCUT2D eigenvalue weighted by molar-refractivity contribution is 0.315. The summed E-state index contributed by atoms with van der Waals surface area (Å²) in [4.78, 5) is 26.8. The van der Waals surface area contributed by atoms with Crippen LogP contribution in [-0.2, 0) is 0 Å². The molecule has 0 bridgehead atoms. The maximum absolute atomic E-state index is 13.3. The van der Waals surface area contributed by atoms with Crippen LogP contribution in [0.4, 0.5) is 10.2 Å². The van der Waals surface area contributed by atoms with Gasteiger partial charge in [-0.05, 0) is 26.6 Å². The lowest BCUT2D eigenvalue weighted by Gasteiger charge is -2.21. The molecule has 8 heteroatoms. The first-order chi connectivity index (χ1) is 11.0. The normalized spacial score (nSPS) is 18.0. The standard InChI is InChI=1S/C15H17ClFN5O/c1-21(2)10-4-6-22(8-10)14-12(16)15(23)20-13(19-14)9-3-5-18-11(17)7-9/h3,5,7,10H,4,6,8H2,1-2H3,(H,19,20,23). The molecule has 3 heterocycles. The number of aromatic nitrogens is 3. The highest BCUT2D eigenvalue weighted by molar-refractivity contribution is 6.32. The third kappa shape index (κ3) is 3.20. The number of nitrogens with one attached hydrogen (secondary N) is 1. The fourth-order valence-corrected chi connectivity index (χ4v) is 2.91. The summed E-state index contributed by atoms with van der Waals surface area (Å²) in [5, 5.41) is 0.0580. The molecule has 0 aromatic carbocycles. The van der Waals surface area contributed by atoms with Gasteiger partial charge in [0.05, 0.1) is 0 Å². The Kier molecular flexibility index (Phi) is 4.32. The Balaban J connectivity index is 2.00. The van der Waals surface area contributed by atoms with Crippen molar-refractivity contribution in [2.45, 2.75) is 12.5 Å². The van der Waals surface area contributed by atoms with Gasteiger partial charge in [0.2, 0.25) is 5.95 Å². The summed E-state index contributed by atoms with van der Waals surface area (Å²) in [6.45, 7) is 1.51. The molecule has 0 radical (unpaired) electrons. The van der Waals surface area contributed by atoms with Gasteiger partial charge in [-0.1, -0.05) is 11.6 Å². The minimum atomic E-state index is -0.629. The molecule has 1 aliphatic rings. The second kappa shape index (κ2) is 6.25. The Morgan fingerprint density at radius 1 is 1.48 bits per heavy atom. The van der Waals surface area contributed by atoms with E-state index in [2.05, 4.69) is 19.9 Å². The fraction of sp³-hybridized carbons (Fsp3) is 0.400. The summed E-state index contributed by atoms with van der Waals surface area (Å²) in [5.41, 5.74) is 0.0214. The molecule has 0 saturated carbocycles. The largest absolute Gasteiger partial charge is 0.354 e. The van der Waals surface area contributed by atoms with Gasteiger partial charge in [-0.15, -0.1) is 0 Å². The monoisotopic (exact) mass is 337 g/mol. The molecule has 0 aliphatic carbocycles. The number of likely N-dealkylation sites (N-methyl/N-ethyl adjacent to an activating group) is 1. The highest BCUT2D eigenvalue weighted by Gasteiger charge is 2.27. The summed E-state index contributed by atoms with van der Waals surface area (Å²) < 4.78 is 13.3. The lowest BCUT2D eigenvalue weighted by Crippen LogP contribution is -2.32. The maximum Gasteiger partial charge on any atom is 0.272 e. The van der Waals surface area contributed by atoms with Crippen molar-refractivity contribution >= 4 is 17.4 Å². The molecule has 1 unspecified atom stereocenters. The van der Waals surface area contributed by atoms with Crippen LogP contribution in [0.5, 0.6) is 0 Å². The van der Waals surface area contributed by atoms with Crippen molar-refractivity contribution in [2.24, 2.45) is 0 Å². The number of rotatable bonds is 3. The van der Waals surface area contributed by atoms with E-state index < -0.39 is 11.5 Å². The number of halogens is 2. The van der Waals surface area contributed by atoms with Gasteiger partial charge in [-0.2, -0.15) is 4.39 Å². The van der Waals surface area contributed by atoms with Crippen LogP contribution >= 0.6 is 11.6 Å². The molecule has 1 fully saturated rings. The predicted molar refractivity (Wildman–Crippen MR) is 87.4 cm³/mol. The van der Waals surface area contributed by atoms with E-state index >= 15 is 0 Å². The summed E-state index contributed by atoms with van der Waals surface area (Å²) in [6, 6.07) is 3.20. The molecule has 3 rings (SSSR count). The SMILES string of the molecule is CN(C)C1CCN(c2nc(-c3ccnc(F)c3)[nH]c(=O)c2Cl)C1. The average molecular weight is 338 g/mol. The van der Waals surface area contributed by atoms with Crippen molar-refractivity contribution in [2.75, 3.05) is 32.1 Å². The van der Waals surface area contributed by atoms with Crippen molar-refractivity contribution in [1.82, 2.24) is 19.9 Å². The molecular formula is C15H17ClFN5O. The molecule has 2 aromatic rings. The zero-order valence-electron chi connectivity index (χ0n) is 12.9. The number of hydrogen-bond donors (Lipinski definition) is 1. The molecule has 2 aromatic heterocycles.